The van der Waals surface area contributed by atoms with E-state index in [1.54, 1.807) is 20.4 Å². The van der Waals surface area contributed by atoms with Crippen LogP contribution in [0.4, 0.5) is 0 Å². The predicted octanol–water partition coefficient (Wildman–Crippen LogP) is 1.11. The second kappa shape index (κ2) is 11.5. The van der Waals surface area contributed by atoms with Gasteiger partial charge in [0.1, 0.15) is 6.26 Å². The molecule has 0 bridgehead atoms. The summed E-state index contributed by atoms with van der Waals surface area (Å²) in [5.41, 5.74) is 2.99. The van der Waals surface area contributed by atoms with Crippen molar-refractivity contribution in [2.45, 2.75) is 13.5 Å². The van der Waals surface area contributed by atoms with E-state index in [0.29, 0.717) is 32.1 Å². The molecule has 1 aliphatic rings. The van der Waals surface area contributed by atoms with Crippen molar-refractivity contribution in [2.75, 3.05) is 60.0 Å². The number of ether oxygens (including phenoxy) is 1. The SMILES string of the molecule is CN=C(NCc1coc(-c2ccc(C)cc2)n1)N1CCN(CC(=O)NCCOC)CC1. The average Bonchev–Trinajstić information content (AvgIpc) is 3.25. The minimum absolute atomic E-state index is 0.0309. The maximum Gasteiger partial charge on any atom is 0.234 e. The number of aliphatic imine (C=N–C) groups is 1. The number of carbonyl (C=O) groups excluding carboxylic acids is 1. The number of oxazole rings is 1. The van der Waals surface area contributed by atoms with Crippen LogP contribution >= 0.6 is 0 Å². The van der Waals surface area contributed by atoms with Gasteiger partial charge in [0.15, 0.2) is 5.96 Å². The Kier molecular flexibility index (Phi) is 8.43. The van der Waals surface area contributed by atoms with Crippen molar-refractivity contribution in [3.05, 3.63) is 41.8 Å². The molecule has 1 amide bonds. The number of aryl methyl sites for hydroxylation is 1. The molecule has 2 aromatic rings. The highest BCUT2D eigenvalue weighted by atomic mass is 16.5. The molecule has 2 N–H and O–H groups in total. The molecule has 0 aliphatic carbocycles. The molecule has 1 fully saturated rings. The van der Waals surface area contributed by atoms with Crippen molar-refractivity contribution < 1.29 is 13.9 Å². The number of benzene rings is 1. The summed E-state index contributed by atoms with van der Waals surface area (Å²) in [7, 11) is 3.40. The van der Waals surface area contributed by atoms with Crippen LogP contribution in [0.15, 0.2) is 39.9 Å². The number of rotatable bonds is 8. The highest BCUT2D eigenvalue weighted by molar-refractivity contribution is 5.80. The first-order chi connectivity index (χ1) is 15.1. The molecule has 0 unspecified atom stereocenters. The van der Waals surface area contributed by atoms with Gasteiger partial charge in [-0.15, -0.1) is 0 Å². The first-order valence-electron chi connectivity index (χ1n) is 10.5. The summed E-state index contributed by atoms with van der Waals surface area (Å²) in [4.78, 5) is 25.3. The van der Waals surface area contributed by atoms with Gasteiger partial charge < -0.3 is 24.7 Å². The summed E-state index contributed by atoms with van der Waals surface area (Å²) in [5, 5.41) is 6.22. The third-order valence-electron chi connectivity index (χ3n) is 5.16. The van der Waals surface area contributed by atoms with E-state index in [2.05, 4.69) is 37.3 Å². The van der Waals surface area contributed by atoms with Gasteiger partial charge in [-0.2, -0.15) is 0 Å². The van der Waals surface area contributed by atoms with E-state index < -0.39 is 0 Å². The highest BCUT2D eigenvalue weighted by Gasteiger charge is 2.21. The Morgan fingerprint density at radius 3 is 2.61 bits per heavy atom. The van der Waals surface area contributed by atoms with E-state index in [9.17, 15) is 4.79 Å². The second-order valence-corrected chi connectivity index (χ2v) is 7.52. The molecule has 0 atom stereocenters. The normalized spacial score (nSPS) is 15.2. The molecule has 9 heteroatoms. The summed E-state index contributed by atoms with van der Waals surface area (Å²) in [6, 6.07) is 8.10. The summed E-state index contributed by atoms with van der Waals surface area (Å²) >= 11 is 0. The maximum atomic E-state index is 12.0. The molecule has 3 rings (SSSR count). The van der Waals surface area contributed by atoms with Crippen LogP contribution in [-0.4, -0.2) is 86.7 Å². The molecule has 1 aliphatic heterocycles. The predicted molar refractivity (Wildman–Crippen MR) is 120 cm³/mol. The summed E-state index contributed by atoms with van der Waals surface area (Å²) in [6.45, 7) is 7.28. The van der Waals surface area contributed by atoms with Gasteiger partial charge in [-0.3, -0.25) is 14.7 Å². The minimum atomic E-state index is 0.0309. The molecule has 168 valence electrons. The number of nitrogens with zero attached hydrogens (tertiary/aromatic N) is 4. The lowest BCUT2D eigenvalue weighted by atomic mass is 10.1. The van der Waals surface area contributed by atoms with Crippen LogP contribution in [-0.2, 0) is 16.1 Å². The van der Waals surface area contributed by atoms with E-state index in [1.807, 2.05) is 24.3 Å². The Labute approximate surface area is 183 Å². The Bertz CT molecular complexity index is 856. The molecule has 1 saturated heterocycles. The van der Waals surface area contributed by atoms with Crippen molar-refractivity contribution in [3.8, 4) is 11.5 Å². The molecular formula is C22H32N6O3. The molecule has 2 heterocycles. The summed E-state index contributed by atoms with van der Waals surface area (Å²) < 4.78 is 10.6. The first kappa shape index (κ1) is 22.8. The van der Waals surface area contributed by atoms with Crippen molar-refractivity contribution >= 4 is 11.9 Å². The Morgan fingerprint density at radius 2 is 1.94 bits per heavy atom. The lowest BCUT2D eigenvalue weighted by molar-refractivity contribution is -0.122. The van der Waals surface area contributed by atoms with Crippen LogP contribution in [0.3, 0.4) is 0 Å². The highest BCUT2D eigenvalue weighted by Crippen LogP contribution is 2.19. The average molecular weight is 429 g/mol. The molecule has 1 aromatic heterocycles. The first-order valence-corrected chi connectivity index (χ1v) is 10.5. The topological polar surface area (TPSA) is 95.2 Å². The van der Waals surface area contributed by atoms with E-state index in [1.165, 1.54) is 5.56 Å². The molecular weight excluding hydrogens is 396 g/mol. The fraction of sp³-hybridized carbons (Fsp3) is 0.500. The quantitative estimate of drug-likeness (QED) is 0.369. The van der Waals surface area contributed by atoms with Crippen LogP contribution < -0.4 is 10.6 Å². The smallest absolute Gasteiger partial charge is 0.234 e. The Morgan fingerprint density at radius 1 is 1.19 bits per heavy atom. The number of carbonyl (C=O) groups is 1. The van der Waals surface area contributed by atoms with Gasteiger partial charge in [0.05, 0.1) is 25.4 Å². The van der Waals surface area contributed by atoms with Gasteiger partial charge in [0, 0.05) is 52.4 Å². The Hall–Kier alpha value is -2.91. The molecule has 1 aromatic carbocycles. The largest absolute Gasteiger partial charge is 0.444 e. The molecule has 9 nitrogen and oxygen atoms in total. The number of hydrogen-bond donors (Lipinski definition) is 2. The van der Waals surface area contributed by atoms with Gasteiger partial charge in [0.2, 0.25) is 11.8 Å². The number of guanidine groups is 1. The van der Waals surface area contributed by atoms with Gasteiger partial charge in [-0.1, -0.05) is 17.7 Å². The number of piperazine rings is 1. The van der Waals surface area contributed by atoms with E-state index in [-0.39, 0.29) is 5.91 Å². The van der Waals surface area contributed by atoms with Crippen molar-refractivity contribution in [3.63, 3.8) is 0 Å². The maximum absolute atomic E-state index is 12.0. The van der Waals surface area contributed by atoms with E-state index in [4.69, 9.17) is 9.15 Å². The third-order valence-corrected chi connectivity index (χ3v) is 5.16. The van der Waals surface area contributed by atoms with E-state index in [0.717, 1.165) is 43.4 Å². The fourth-order valence-corrected chi connectivity index (χ4v) is 3.39. The van der Waals surface area contributed by atoms with Gasteiger partial charge >= 0.3 is 0 Å². The van der Waals surface area contributed by atoms with Crippen molar-refractivity contribution in [2.24, 2.45) is 4.99 Å². The summed E-state index contributed by atoms with van der Waals surface area (Å²) in [5.74, 6) is 1.47. The lowest BCUT2D eigenvalue weighted by Crippen LogP contribution is -2.54. The zero-order chi connectivity index (χ0) is 22.1. The van der Waals surface area contributed by atoms with Crippen LogP contribution in [0, 0.1) is 6.92 Å². The van der Waals surface area contributed by atoms with E-state index >= 15 is 0 Å². The molecule has 31 heavy (non-hydrogen) atoms. The lowest BCUT2D eigenvalue weighted by Gasteiger charge is -2.36. The molecule has 0 spiro atoms. The van der Waals surface area contributed by atoms with Crippen LogP contribution in [0.25, 0.3) is 11.5 Å². The van der Waals surface area contributed by atoms with Gasteiger partial charge in [0.25, 0.3) is 0 Å². The number of nitrogens with one attached hydrogen (secondary N) is 2. The fourth-order valence-electron chi connectivity index (χ4n) is 3.39. The molecule has 0 saturated carbocycles. The van der Waals surface area contributed by atoms with Crippen LogP contribution in [0.2, 0.25) is 0 Å². The Balaban J connectivity index is 1.44. The number of aromatic nitrogens is 1. The van der Waals surface area contributed by atoms with Crippen molar-refractivity contribution in [1.82, 2.24) is 25.4 Å². The third kappa shape index (κ3) is 6.80. The van der Waals surface area contributed by atoms with Gasteiger partial charge in [-0.05, 0) is 19.1 Å². The number of hydrogen-bond acceptors (Lipinski definition) is 6. The van der Waals surface area contributed by atoms with Crippen LogP contribution in [0.5, 0.6) is 0 Å². The minimum Gasteiger partial charge on any atom is -0.444 e. The number of methoxy groups -OCH3 is 1. The zero-order valence-electron chi connectivity index (χ0n) is 18.6. The zero-order valence-corrected chi connectivity index (χ0v) is 18.6. The summed E-state index contributed by atoms with van der Waals surface area (Å²) in [6.07, 6.45) is 1.68. The molecule has 0 radical (unpaired) electrons. The van der Waals surface area contributed by atoms with Crippen molar-refractivity contribution in [1.29, 1.82) is 0 Å². The monoisotopic (exact) mass is 428 g/mol. The van der Waals surface area contributed by atoms with Gasteiger partial charge in [-0.25, -0.2) is 4.98 Å². The second-order valence-electron chi connectivity index (χ2n) is 7.52. The van der Waals surface area contributed by atoms with Crippen LogP contribution in [0.1, 0.15) is 11.3 Å². The standard InChI is InChI=1S/C22H32N6O3/c1-17-4-6-18(7-5-17)21-26-19(16-31-21)14-25-22(23-2)28-11-9-27(10-12-28)15-20(29)24-8-13-30-3/h4-7,16H,8-15H2,1-3H3,(H,23,25)(H,24,29). The number of amides is 1.